The molecule has 1 atom stereocenters. The number of sulfonamides is 2. The number of hydrogen-bond acceptors (Lipinski definition) is 7. The maximum atomic E-state index is 12.7. The summed E-state index contributed by atoms with van der Waals surface area (Å²) in [4.78, 5) is 12.9. The second kappa shape index (κ2) is 10.8. The summed E-state index contributed by atoms with van der Waals surface area (Å²) in [6.45, 7) is 1.14. The third-order valence-electron chi connectivity index (χ3n) is 5.93. The molecule has 2 aromatic carbocycles. The Morgan fingerprint density at radius 3 is 2.44 bits per heavy atom. The van der Waals surface area contributed by atoms with Crippen LogP contribution in [0.4, 0.5) is 5.69 Å². The molecule has 4 rings (SSSR count). The zero-order valence-electron chi connectivity index (χ0n) is 19.7. The van der Waals surface area contributed by atoms with Crippen molar-refractivity contribution in [1.82, 2.24) is 9.62 Å². The SMILES string of the molecule is CS(=O)(=O)N1CC(C(=O)NCCOc2ccc(S(=O)(=O)N3CCCCC3)cc2)Oc2ccc(Cl)cc21. The average Bonchev–Trinajstić information content (AvgIpc) is 2.86. The maximum absolute atomic E-state index is 12.7. The van der Waals surface area contributed by atoms with E-state index in [0.717, 1.165) is 29.8 Å². The molecule has 2 aliphatic rings. The number of carbonyl (C=O) groups excluding carboxylic acids is 1. The van der Waals surface area contributed by atoms with Crippen molar-refractivity contribution in [3.63, 3.8) is 0 Å². The van der Waals surface area contributed by atoms with Crippen LogP contribution in [0.2, 0.25) is 5.02 Å². The lowest BCUT2D eigenvalue weighted by atomic mass is 10.2. The van der Waals surface area contributed by atoms with E-state index in [1.165, 1.54) is 28.6 Å². The van der Waals surface area contributed by atoms with Gasteiger partial charge in [-0.1, -0.05) is 18.0 Å². The highest BCUT2D eigenvalue weighted by molar-refractivity contribution is 7.92. The maximum Gasteiger partial charge on any atom is 0.263 e. The summed E-state index contributed by atoms with van der Waals surface area (Å²) in [5, 5.41) is 3.03. The molecule has 196 valence electrons. The second-order valence-electron chi connectivity index (χ2n) is 8.59. The molecule has 10 nitrogen and oxygen atoms in total. The first kappa shape index (κ1) is 26.5. The van der Waals surface area contributed by atoms with Crippen LogP contribution in [0.5, 0.6) is 11.5 Å². The highest BCUT2D eigenvalue weighted by atomic mass is 35.5. The number of benzene rings is 2. The Morgan fingerprint density at radius 1 is 1.08 bits per heavy atom. The molecule has 2 aromatic rings. The van der Waals surface area contributed by atoms with Gasteiger partial charge in [0.2, 0.25) is 20.0 Å². The molecular formula is C23H28ClN3O7S2. The molecule has 0 aromatic heterocycles. The number of nitrogens with zero attached hydrogens (tertiary/aromatic N) is 2. The molecule has 0 bridgehead atoms. The minimum absolute atomic E-state index is 0.124. The Morgan fingerprint density at radius 2 is 1.78 bits per heavy atom. The van der Waals surface area contributed by atoms with Crippen LogP contribution in [0.1, 0.15) is 19.3 Å². The van der Waals surface area contributed by atoms with Crippen molar-refractivity contribution in [2.24, 2.45) is 0 Å². The number of fused-ring (bicyclic) bond motifs is 1. The lowest BCUT2D eigenvalue weighted by molar-refractivity contribution is -0.127. The summed E-state index contributed by atoms with van der Waals surface area (Å²) in [5.74, 6) is 0.215. The predicted molar refractivity (Wildman–Crippen MR) is 136 cm³/mol. The molecule has 1 N–H and O–H groups in total. The molecule has 36 heavy (non-hydrogen) atoms. The Bertz CT molecular complexity index is 1310. The van der Waals surface area contributed by atoms with Crippen LogP contribution in [-0.4, -0.2) is 72.2 Å². The fourth-order valence-electron chi connectivity index (χ4n) is 4.09. The molecule has 2 aliphatic heterocycles. The van der Waals surface area contributed by atoms with Crippen molar-refractivity contribution >= 4 is 43.2 Å². The molecule has 1 unspecified atom stereocenters. The van der Waals surface area contributed by atoms with Gasteiger partial charge >= 0.3 is 0 Å². The van der Waals surface area contributed by atoms with Gasteiger partial charge in [-0.2, -0.15) is 4.31 Å². The summed E-state index contributed by atoms with van der Waals surface area (Å²) in [6, 6.07) is 10.7. The fourth-order valence-corrected chi connectivity index (χ4v) is 6.68. The molecule has 2 heterocycles. The van der Waals surface area contributed by atoms with Crippen molar-refractivity contribution in [3.05, 3.63) is 47.5 Å². The van der Waals surface area contributed by atoms with E-state index in [0.29, 0.717) is 23.9 Å². The molecule has 1 saturated heterocycles. The van der Waals surface area contributed by atoms with E-state index in [1.54, 1.807) is 18.2 Å². The Labute approximate surface area is 216 Å². The van der Waals surface area contributed by atoms with Crippen LogP contribution in [-0.2, 0) is 24.8 Å². The summed E-state index contributed by atoms with van der Waals surface area (Å²) in [5.41, 5.74) is 0.281. The molecule has 1 amide bonds. The molecule has 0 spiro atoms. The minimum Gasteiger partial charge on any atom is -0.492 e. The Balaban J connectivity index is 1.30. The molecule has 0 saturated carbocycles. The molecule has 1 fully saturated rings. The van der Waals surface area contributed by atoms with Gasteiger partial charge in [-0.05, 0) is 55.3 Å². The van der Waals surface area contributed by atoms with Gasteiger partial charge in [-0.25, -0.2) is 16.8 Å². The summed E-state index contributed by atoms with van der Waals surface area (Å²) >= 11 is 5.99. The quantitative estimate of drug-likeness (QED) is 0.494. The summed E-state index contributed by atoms with van der Waals surface area (Å²) in [6.07, 6.45) is 2.78. The first-order valence-electron chi connectivity index (χ1n) is 11.5. The van der Waals surface area contributed by atoms with Crippen LogP contribution in [0.15, 0.2) is 47.4 Å². The highest BCUT2D eigenvalue weighted by Gasteiger charge is 2.35. The van der Waals surface area contributed by atoms with Gasteiger partial charge in [0.1, 0.15) is 18.1 Å². The van der Waals surface area contributed by atoms with Crippen LogP contribution >= 0.6 is 11.6 Å². The second-order valence-corrected chi connectivity index (χ2v) is 12.9. The van der Waals surface area contributed by atoms with Gasteiger partial charge in [0.15, 0.2) is 6.10 Å². The standard InChI is InChI=1S/C23H28ClN3O7S2/c1-35(29,30)27-16-22(34-21-10-5-17(24)15-20(21)27)23(28)25-11-14-33-18-6-8-19(9-7-18)36(31,32)26-12-3-2-4-13-26/h5-10,15,22H,2-4,11-14,16H2,1H3,(H,25,28). The predicted octanol–water partition coefficient (Wildman–Crippen LogP) is 2.24. The number of amides is 1. The van der Waals surface area contributed by atoms with Crippen molar-refractivity contribution in [1.29, 1.82) is 0 Å². The van der Waals surface area contributed by atoms with E-state index in [4.69, 9.17) is 21.1 Å². The summed E-state index contributed by atoms with van der Waals surface area (Å²) in [7, 11) is -7.17. The number of hydrogen-bond donors (Lipinski definition) is 1. The van der Waals surface area contributed by atoms with E-state index < -0.39 is 32.1 Å². The highest BCUT2D eigenvalue weighted by Crippen LogP contribution is 2.37. The van der Waals surface area contributed by atoms with Crippen LogP contribution in [0.3, 0.4) is 0 Å². The minimum atomic E-state index is -3.66. The zero-order valence-corrected chi connectivity index (χ0v) is 22.1. The first-order valence-corrected chi connectivity index (χ1v) is 15.2. The number of carbonyl (C=O) groups is 1. The number of anilines is 1. The largest absolute Gasteiger partial charge is 0.492 e. The first-order chi connectivity index (χ1) is 17.1. The van der Waals surface area contributed by atoms with Crippen molar-refractivity contribution in [2.45, 2.75) is 30.3 Å². The van der Waals surface area contributed by atoms with Gasteiger partial charge < -0.3 is 14.8 Å². The molecule has 0 aliphatic carbocycles. The molecular weight excluding hydrogens is 530 g/mol. The van der Waals surface area contributed by atoms with E-state index in [9.17, 15) is 21.6 Å². The van der Waals surface area contributed by atoms with Gasteiger partial charge in [0.25, 0.3) is 5.91 Å². The molecule has 0 radical (unpaired) electrons. The lowest BCUT2D eigenvalue weighted by Gasteiger charge is -2.34. The van der Waals surface area contributed by atoms with Crippen molar-refractivity contribution < 1.29 is 31.1 Å². The topological polar surface area (TPSA) is 122 Å². The Hall–Kier alpha value is -2.54. The normalized spacial score (nSPS) is 18.7. The molecule has 13 heteroatoms. The smallest absolute Gasteiger partial charge is 0.263 e. The average molecular weight is 558 g/mol. The van der Waals surface area contributed by atoms with Gasteiger partial charge in [-0.3, -0.25) is 9.10 Å². The van der Waals surface area contributed by atoms with E-state index in [2.05, 4.69) is 5.32 Å². The number of nitrogens with one attached hydrogen (secondary N) is 1. The number of halogens is 1. The van der Waals surface area contributed by atoms with Crippen LogP contribution in [0, 0.1) is 0 Å². The zero-order chi connectivity index (χ0) is 25.9. The monoisotopic (exact) mass is 557 g/mol. The van der Waals surface area contributed by atoms with E-state index in [1.807, 2.05) is 0 Å². The summed E-state index contributed by atoms with van der Waals surface area (Å²) < 4.78 is 63.9. The fraction of sp³-hybridized carbons (Fsp3) is 0.435. The van der Waals surface area contributed by atoms with E-state index in [-0.39, 0.29) is 36.0 Å². The third-order valence-corrected chi connectivity index (χ3v) is 9.22. The van der Waals surface area contributed by atoms with Crippen LogP contribution < -0.4 is 19.1 Å². The van der Waals surface area contributed by atoms with Crippen molar-refractivity contribution in [2.75, 3.05) is 43.3 Å². The lowest BCUT2D eigenvalue weighted by Crippen LogP contribution is -2.51. The van der Waals surface area contributed by atoms with Gasteiger partial charge in [0, 0.05) is 18.1 Å². The van der Waals surface area contributed by atoms with Crippen LogP contribution in [0.25, 0.3) is 0 Å². The van der Waals surface area contributed by atoms with Gasteiger partial charge in [-0.15, -0.1) is 0 Å². The number of piperidine rings is 1. The Kier molecular flexibility index (Phi) is 7.98. The third kappa shape index (κ3) is 6.05. The van der Waals surface area contributed by atoms with E-state index >= 15 is 0 Å². The van der Waals surface area contributed by atoms with Crippen molar-refractivity contribution in [3.8, 4) is 11.5 Å². The number of rotatable bonds is 8. The number of ether oxygens (including phenoxy) is 2. The van der Waals surface area contributed by atoms with Gasteiger partial charge in [0.05, 0.1) is 29.9 Å².